The molecule has 2 heterocycles. The fourth-order valence-electron chi connectivity index (χ4n) is 2.66. The molecule has 1 aliphatic rings. The first-order valence-corrected chi connectivity index (χ1v) is 7.43. The fraction of sp³-hybridized carbons (Fsp3) is 0.714. The summed E-state index contributed by atoms with van der Waals surface area (Å²) in [6, 6.07) is 0.886. The van der Waals surface area contributed by atoms with Crippen LogP contribution in [0.2, 0.25) is 0 Å². The van der Waals surface area contributed by atoms with Crippen molar-refractivity contribution in [3.05, 3.63) is 18.0 Å². The van der Waals surface area contributed by atoms with E-state index in [0.29, 0.717) is 19.0 Å². The van der Waals surface area contributed by atoms with Gasteiger partial charge in [0.25, 0.3) is 0 Å². The molecule has 5 nitrogen and oxygen atoms in total. The zero-order valence-corrected chi connectivity index (χ0v) is 13.8. The van der Waals surface area contributed by atoms with E-state index in [1.54, 1.807) is 4.90 Å². The average Bonchev–Trinajstić information content (AvgIpc) is 2.94. The Morgan fingerprint density at radius 2 is 2.04 bits per heavy atom. The van der Waals surface area contributed by atoms with Crippen molar-refractivity contribution in [2.75, 3.05) is 26.7 Å². The number of hydrogen-bond donors (Lipinski definition) is 1. The molecule has 0 bridgehead atoms. The van der Waals surface area contributed by atoms with E-state index in [1.165, 1.54) is 6.20 Å². The summed E-state index contributed by atoms with van der Waals surface area (Å²) >= 11 is 0. The minimum atomic E-state index is -4.47. The van der Waals surface area contributed by atoms with Crippen molar-refractivity contribution in [2.45, 2.75) is 32.0 Å². The van der Waals surface area contributed by atoms with Gasteiger partial charge in [-0.1, -0.05) is 0 Å². The molecule has 0 spiro atoms. The van der Waals surface area contributed by atoms with Gasteiger partial charge in [0.1, 0.15) is 6.54 Å². The van der Waals surface area contributed by atoms with Gasteiger partial charge in [0, 0.05) is 19.3 Å². The Morgan fingerprint density at radius 3 is 2.57 bits per heavy atom. The number of aromatic nitrogens is 2. The molecule has 23 heavy (non-hydrogen) atoms. The highest BCUT2D eigenvalue weighted by atomic mass is 35.5. The largest absolute Gasteiger partial charge is 0.435 e. The number of hydrogen-bond acceptors (Lipinski definition) is 3. The number of likely N-dealkylation sites (tertiary alicyclic amines) is 1. The van der Waals surface area contributed by atoms with Crippen LogP contribution in [-0.4, -0.2) is 47.3 Å². The molecule has 1 amide bonds. The van der Waals surface area contributed by atoms with E-state index in [4.69, 9.17) is 0 Å². The number of carbonyl (C=O) groups is 1. The SMILES string of the molecule is CNCCC1CCN(C(=O)Cn2ccc(C(F)(F)F)n2)CC1.Cl. The van der Waals surface area contributed by atoms with Crippen molar-refractivity contribution in [1.29, 1.82) is 0 Å². The Balaban J connectivity index is 0.00000264. The Labute approximate surface area is 139 Å². The smallest absolute Gasteiger partial charge is 0.341 e. The van der Waals surface area contributed by atoms with Crippen molar-refractivity contribution < 1.29 is 18.0 Å². The van der Waals surface area contributed by atoms with Gasteiger partial charge in [-0.25, -0.2) is 0 Å². The highest BCUT2D eigenvalue weighted by Crippen LogP contribution is 2.27. The molecule has 0 radical (unpaired) electrons. The minimum Gasteiger partial charge on any atom is -0.341 e. The number of piperidine rings is 1. The third kappa shape index (κ3) is 5.69. The Bertz CT molecular complexity index is 498. The summed E-state index contributed by atoms with van der Waals surface area (Å²) in [5.41, 5.74) is -0.967. The topological polar surface area (TPSA) is 50.2 Å². The second-order valence-corrected chi connectivity index (χ2v) is 5.61. The second-order valence-electron chi connectivity index (χ2n) is 5.61. The lowest BCUT2D eigenvalue weighted by Crippen LogP contribution is -2.40. The number of carbonyl (C=O) groups excluding carboxylic acids is 1. The van der Waals surface area contributed by atoms with Crippen molar-refractivity contribution in [1.82, 2.24) is 20.0 Å². The summed E-state index contributed by atoms with van der Waals surface area (Å²) in [6.07, 6.45) is -0.298. The molecule has 1 N–H and O–H groups in total. The van der Waals surface area contributed by atoms with Gasteiger partial charge in [-0.15, -0.1) is 12.4 Å². The predicted octanol–water partition coefficient (Wildman–Crippen LogP) is 2.17. The average molecular weight is 355 g/mol. The lowest BCUT2D eigenvalue weighted by Gasteiger charge is -2.32. The van der Waals surface area contributed by atoms with Gasteiger partial charge in [0.2, 0.25) is 5.91 Å². The van der Waals surface area contributed by atoms with Gasteiger partial charge in [-0.2, -0.15) is 18.3 Å². The predicted molar refractivity (Wildman–Crippen MR) is 82.3 cm³/mol. The maximum Gasteiger partial charge on any atom is 0.435 e. The quantitative estimate of drug-likeness (QED) is 0.881. The Hall–Kier alpha value is -1.28. The first-order valence-electron chi connectivity index (χ1n) is 7.43. The lowest BCUT2D eigenvalue weighted by atomic mass is 9.93. The van der Waals surface area contributed by atoms with Crippen LogP contribution in [0.15, 0.2) is 12.3 Å². The summed E-state index contributed by atoms with van der Waals surface area (Å²) in [5, 5.41) is 6.52. The second kappa shape index (κ2) is 8.54. The summed E-state index contributed by atoms with van der Waals surface area (Å²) in [4.78, 5) is 13.8. The van der Waals surface area contributed by atoms with Crippen LogP contribution >= 0.6 is 12.4 Å². The van der Waals surface area contributed by atoms with Crippen LogP contribution in [0, 0.1) is 5.92 Å². The number of alkyl halides is 3. The van der Waals surface area contributed by atoms with Crippen LogP contribution in [-0.2, 0) is 17.5 Å². The minimum absolute atomic E-state index is 0. The number of nitrogens with one attached hydrogen (secondary N) is 1. The molecular formula is C14H22ClF3N4O. The summed E-state index contributed by atoms with van der Waals surface area (Å²) in [6.45, 7) is 2.16. The molecule has 2 rings (SSSR count). The first-order chi connectivity index (χ1) is 10.4. The summed E-state index contributed by atoms with van der Waals surface area (Å²) in [7, 11) is 1.91. The molecule has 1 aliphatic heterocycles. The van der Waals surface area contributed by atoms with Crippen molar-refractivity contribution in [3.8, 4) is 0 Å². The van der Waals surface area contributed by atoms with E-state index in [-0.39, 0.29) is 24.9 Å². The highest BCUT2D eigenvalue weighted by molar-refractivity contribution is 5.85. The van der Waals surface area contributed by atoms with E-state index in [1.807, 2.05) is 7.05 Å². The molecule has 9 heteroatoms. The molecule has 0 atom stereocenters. The van der Waals surface area contributed by atoms with E-state index >= 15 is 0 Å². The van der Waals surface area contributed by atoms with Gasteiger partial charge >= 0.3 is 6.18 Å². The number of nitrogens with zero attached hydrogens (tertiary/aromatic N) is 3. The zero-order valence-electron chi connectivity index (χ0n) is 13.0. The molecule has 0 aliphatic carbocycles. The first kappa shape index (κ1) is 19.8. The monoisotopic (exact) mass is 354 g/mol. The Kier molecular flexibility index (Phi) is 7.34. The fourth-order valence-corrected chi connectivity index (χ4v) is 2.66. The molecular weight excluding hydrogens is 333 g/mol. The van der Waals surface area contributed by atoms with Crippen LogP contribution in [0.5, 0.6) is 0 Å². The standard InChI is InChI=1S/C14H21F3N4O.ClH/c1-18-6-2-11-3-7-20(8-4-11)13(22)10-21-9-5-12(19-21)14(15,16)17;/h5,9,11,18H,2-4,6-8,10H2,1H3;1H. The maximum absolute atomic E-state index is 12.5. The molecule has 1 saturated heterocycles. The van der Waals surface area contributed by atoms with Gasteiger partial charge in [0.05, 0.1) is 0 Å². The van der Waals surface area contributed by atoms with Crippen LogP contribution < -0.4 is 5.32 Å². The maximum atomic E-state index is 12.5. The van der Waals surface area contributed by atoms with Gasteiger partial charge in [0.15, 0.2) is 5.69 Å². The molecule has 1 aromatic rings. The molecule has 0 unspecified atom stereocenters. The number of rotatable bonds is 5. The highest BCUT2D eigenvalue weighted by Gasteiger charge is 2.33. The van der Waals surface area contributed by atoms with Crippen LogP contribution in [0.1, 0.15) is 25.0 Å². The van der Waals surface area contributed by atoms with Crippen LogP contribution in [0.3, 0.4) is 0 Å². The number of amides is 1. The van der Waals surface area contributed by atoms with E-state index in [0.717, 1.165) is 36.6 Å². The van der Waals surface area contributed by atoms with Crippen molar-refractivity contribution >= 4 is 18.3 Å². The van der Waals surface area contributed by atoms with Gasteiger partial charge < -0.3 is 10.2 Å². The van der Waals surface area contributed by atoms with Crippen LogP contribution in [0.4, 0.5) is 13.2 Å². The van der Waals surface area contributed by atoms with E-state index < -0.39 is 11.9 Å². The lowest BCUT2D eigenvalue weighted by molar-refractivity contribution is -0.142. The van der Waals surface area contributed by atoms with Gasteiger partial charge in [-0.3, -0.25) is 9.48 Å². The Morgan fingerprint density at radius 1 is 1.39 bits per heavy atom. The number of halogens is 4. The normalized spacial score (nSPS) is 16.3. The molecule has 0 aromatic carbocycles. The van der Waals surface area contributed by atoms with E-state index in [9.17, 15) is 18.0 Å². The summed E-state index contributed by atoms with van der Waals surface area (Å²) < 4.78 is 38.4. The molecule has 132 valence electrons. The van der Waals surface area contributed by atoms with Crippen LogP contribution in [0.25, 0.3) is 0 Å². The third-order valence-electron chi connectivity index (χ3n) is 4.00. The summed E-state index contributed by atoms with van der Waals surface area (Å²) in [5.74, 6) is 0.432. The molecule has 1 aromatic heterocycles. The van der Waals surface area contributed by atoms with Crippen molar-refractivity contribution in [3.63, 3.8) is 0 Å². The van der Waals surface area contributed by atoms with E-state index in [2.05, 4.69) is 10.4 Å². The molecule has 1 fully saturated rings. The zero-order chi connectivity index (χ0) is 16.2. The van der Waals surface area contributed by atoms with Gasteiger partial charge in [-0.05, 0) is 44.8 Å². The van der Waals surface area contributed by atoms with Crippen molar-refractivity contribution in [2.24, 2.45) is 5.92 Å². The third-order valence-corrected chi connectivity index (χ3v) is 4.00. The molecule has 0 saturated carbocycles.